The Hall–Kier alpha value is -0.870. The molecule has 1 fully saturated rings. The zero-order valence-corrected chi connectivity index (χ0v) is 9.48. The molecule has 0 radical (unpaired) electrons. The molecule has 0 bridgehead atoms. The molecule has 3 unspecified atom stereocenters. The second-order valence-electron chi connectivity index (χ2n) is 4.63. The third-order valence-electron chi connectivity index (χ3n) is 3.59. The lowest BCUT2D eigenvalue weighted by atomic mass is 9.89. The molecule has 0 saturated heterocycles. The molecule has 2 rings (SSSR count). The van der Waals surface area contributed by atoms with E-state index in [1.54, 1.807) is 0 Å². The number of hydrogen-bond acceptors (Lipinski definition) is 3. The van der Waals surface area contributed by atoms with Crippen LogP contribution < -0.4 is 11.3 Å². The summed E-state index contributed by atoms with van der Waals surface area (Å²) < 4.78 is 1.83. The molecule has 3 N–H and O–H groups in total. The second-order valence-corrected chi connectivity index (χ2v) is 4.63. The molecule has 1 aliphatic carbocycles. The average molecular weight is 208 g/mol. The van der Waals surface area contributed by atoms with Crippen molar-refractivity contribution in [2.45, 2.75) is 32.2 Å². The summed E-state index contributed by atoms with van der Waals surface area (Å²) in [7, 11) is 1.94. The quantitative estimate of drug-likeness (QED) is 0.582. The number of nitrogens with two attached hydrogens (primary N) is 1. The molecule has 0 aliphatic heterocycles. The third kappa shape index (κ3) is 2.06. The van der Waals surface area contributed by atoms with E-state index < -0.39 is 0 Å². The van der Waals surface area contributed by atoms with Crippen molar-refractivity contribution < 1.29 is 0 Å². The number of hydrazine groups is 1. The highest BCUT2D eigenvalue weighted by Crippen LogP contribution is 2.39. The van der Waals surface area contributed by atoms with Gasteiger partial charge < -0.3 is 0 Å². The maximum atomic E-state index is 5.66. The van der Waals surface area contributed by atoms with Crippen LogP contribution in [-0.2, 0) is 7.05 Å². The highest BCUT2D eigenvalue weighted by molar-refractivity contribution is 5.08. The number of hydrogen-bond donors (Lipinski definition) is 2. The Morgan fingerprint density at radius 3 is 2.87 bits per heavy atom. The fourth-order valence-electron chi connectivity index (χ4n) is 2.70. The Labute approximate surface area is 90.8 Å². The molecular weight excluding hydrogens is 188 g/mol. The standard InChI is InChI=1S/C11H20N4/c1-8-4-3-5-9(8)11(13-12)10-6-7-15(2)14-10/h6-9,11,13H,3-5,12H2,1-2H3. The van der Waals surface area contributed by atoms with E-state index in [-0.39, 0.29) is 6.04 Å². The van der Waals surface area contributed by atoms with Crippen molar-refractivity contribution in [2.24, 2.45) is 24.7 Å². The minimum atomic E-state index is 0.212. The van der Waals surface area contributed by atoms with Crippen LogP contribution in [0.3, 0.4) is 0 Å². The van der Waals surface area contributed by atoms with Gasteiger partial charge in [0.25, 0.3) is 0 Å². The minimum absolute atomic E-state index is 0.212. The van der Waals surface area contributed by atoms with Crippen molar-refractivity contribution in [1.82, 2.24) is 15.2 Å². The highest BCUT2D eigenvalue weighted by Gasteiger charge is 2.32. The van der Waals surface area contributed by atoms with E-state index in [2.05, 4.69) is 23.5 Å². The van der Waals surface area contributed by atoms with Gasteiger partial charge in [-0.15, -0.1) is 0 Å². The summed E-state index contributed by atoms with van der Waals surface area (Å²) in [6.45, 7) is 2.31. The minimum Gasteiger partial charge on any atom is -0.275 e. The number of nitrogens with zero attached hydrogens (tertiary/aromatic N) is 2. The maximum absolute atomic E-state index is 5.66. The van der Waals surface area contributed by atoms with Gasteiger partial charge in [0, 0.05) is 13.2 Å². The molecule has 1 heterocycles. The molecule has 1 aliphatic rings. The largest absolute Gasteiger partial charge is 0.275 e. The van der Waals surface area contributed by atoms with Crippen LogP contribution in [0.1, 0.15) is 37.9 Å². The van der Waals surface area contributed by atoms with Crippen molar-refractivity contribution in [3.63, 3.8) is 0 Å². The van der Waals surface area contributed by atoms with E-state index in [4.69, 9.17) is 5.84 Å². The predicted molar refractivity (Wildman–Crippen MR) is 59.8 cm³/mol. The van der Waals surface area contributed by atoms with Crippen molar-refractivity contribution in [2.75, 3.05) is 0 Å². The van der Waals surface area contributed by atoms with Gasteiger partial charge in [-0.1, -0.05) is 19.8 Å². The summed E-state index contributed by atoms with van der Waals surface area (Å²) >= 11 is 0. The molecule has 1 aromatic heterocycles. The lowest BCUT2D eigenvalue weighted by molar-refractivity contribution is 0.298. The zero-order valence-electron chi connectivity index (χ0n) is 9.48. The van der Waals surface area contributed by atoms with E-state index in [1.807, 2.05) is 17.9 Å². The zero-order chi connectivity index (χ0) is 10.8. The van der Waals surface area contributed by atoms with Crippen molar-refractivity contribution in [1.29, 1.82) is 0 Å². The molecule has 1 saturated carbocycles. The third-order valence-corrected chi connectivity index (χ3v) is 3.59. The van der Waals surface area contributed by atoms with Gasteiger partial charge in [0.05, 0.1) is 11.7 Å². The average Bonchev–Trinajstić information content (AvgIpc) is 2.79. The van der Waals surface area contributed by atoms with Crippen LogP contribution >= 0.6 is 0 Å². The molecular formula is C11H20N4. The van der Waals surface area contributed by atoms with Gasteiger partial charge in [0.1, 0.15) is 0 Å². The first-order valence-corrected chi connectivity index (χ1v) is 5.68. The predicted octanol–water partition coefficient (Wildman–Crippen LogP) is 1.36. The Bertz CT molecular complexity index is 320. The molecule has 4 nitrogen and oxygen atoms in total. The van der Waals surface area contributed by atoms with Crippen molar-refractivity contribution in [3.8, 4) is 0 Å². The summed E-state index contributed by atoms with van der Waals surface area (Å²) in [5.74, 6) is 7.03. The Morgan fingerprint density at radius 1 is 1.60 bits per heavy atom. The van der Waals surface area contributed by atoms with Crippen LogP contribution in [0.4, 0.5) is 0 Å². The van der Waals surface area contributed by atoms with E-state index >= 15 is 0 Å². The lowest BCUT2D eigenvalue weighted by Crippen LogP contribution is -2.35. The summed E-state index contributed by atoms with van der Waals surface area (Å²) in [6.07, 6.45) is 5.86. The maximum Gasteiger partial charge on any atom is 0.0810 e. The van der Waals surface area contributed by atoms with Crippen LogP contribution in [0.5, 0.6) is 0 Å². The SMILES string of the molecule is CC1CCCC1C(NN)c1ccn(C)n1. The Kier molecular flexibility index (Phi) is 3.07. The van der Waals surface area contributed by atoms with Crippen LogP contribution in [0.15, 0.2) is 12.3 Å². The number of aromatic nitrogens is 2. The summed E-state index contributed by atoms with van der Waals surface area (Å²) in [6, 6.07) is 2.26. The van der Waals surface area contributed by atoms with Gasteiger partial charge in [-0.25, -0.2) is 0 Å². The van der Waals surface area contributed by atoms with Crippen LogP contribution in [0, 0.1) is 11.8 Å². The normalized spacial score (nSPS) is 28.2. The van der Waals surface area contributed by atoms with Gasteiger partial charge in [0.2, 0.25) is 0 Å². The van der Waals surface area contributed by atoms with Gasteiger partial charge in [-0.05, 0) is 24.3 Å². The topological polar surface area (TPSA) is 55.9 Å². The molecule has 1 aromatic rings. The van der Waals surface area contributed by atoms with E-state index in [0.717, 1.165) is 11.6 Å². The van der Waals surface area contributed by atoms with Gasteiger partial charge in [-0.2, -0.15) is 5.10 Å². The lowest BCUT2D eigenvalue weighted by Gasteiger charge is -2.24. The summed E-state index contributed by atoms with van der Waals surface area (Å²) in [5.41, 5.74) is 4.00. The first-order chi connectivity index (χ1) is 7.22. The molecule has 0 spiro atoms. The smallest absolute Gasteiger partial charge is 0.0810 e. The van der Waals surface area contributed by atoms with E-state index in [1.165, 1.54) is 19.3 Å². The second kappa shape index (κ2) is 4.33. The van der Waals surface area contributed by atoms with Crippen LogP contribution in [0.25, 0.3) is 0 Å². The van der Waals surface area contributed by atoms with Crippen LogP contribution in [0.2, 0.25) is 0 Å². The molecule has 15 heavy (non-hydrogen) atoms. The van der Waals surface area contributed by atoms with Gasteiger partial charge in [-0.3, -0.25) is 16.0 Å². The van der Waals surface area contributed by atoms with Crippen molar-refractivity contribution in [3.05, 3.63) is 18.0 Å². The fraction of sp³-hybridized carbons (Fsp3) is 0.727. The van der Waals surface area contributed by atoms with Crippen molar-refractivity contribution >= 4 is 0 Å². The first-order valence-electron chi connectivity index (χ1n) is 5.68. The number of rotatable bonds is 3. The van der Waals surface area contributed by atoms with E-state index in [0.29, 0.717) is 5.92 Å². The number of aryl methyl sites for hydroxylation is 1. The number of nitrogens with one attached hydrogen (secondary N) is 1. The van der Waals surface area contributed by atoms with Gasteiger partial charge >= 0.3 is 0 Å². The first kappa shape index (κ1) is 10.6. The van der Waals surface area contributed by atoms with Gasteiger partial charge in [0.15, 0.2) is 0 Å². The molecule has 4 heteroatoms. The van der Waals surface area contributed by atoms with Crippen LogP contribution in [-0.4, -0.2) is 9.78 Å². The monoisotopic (exact) mass is 208 g/mol. The summed E-state index contributed by atoms with van der Waals surface area (Å²) in [4.78, 5) is 0. The Balaban J connectivity index is 2.16. The molecule has 0 aromatic carbocycles. The van der Waals surface area contributed by atoms with E-state index in [9.17, 15) is 0 Å². The summed E-state index contributed by atoms with van der Waals surface area (Å²) in [5, 5.41) is 4.44. The highest BCUT2D eigenvalue weighted by atomic mass is 15.3. The molecule has 0 amide bonds. The molecule has 3 atom stereocenters. The molecule has 84 valence electrons. The Morgan fingerprint density at radius 2 is 2.40 bits per heavy atom. The fourth-order valence-corrected chi connectivity index (χ4v) is 2.70.